The standard InChI is InChI=1S/C13H18ClNO4/c1-15(4-5-16)11(8-13(18)19)7-9-6-10(14)2-3-12(9)17/h2-3,6,11,16-17H,4-5,7-8H2,1H3,(H,18,19). The number of hydrogen-bond donors (Lipinski definition) is 3. The number of phenolic OH excluding ortho intramolecular Hbond substituents is 1. The first-order valence-corrected chi connectivity index (χ1v) is 6.32. The Balaban J connectivity index is 2.86. The highest BCUT2D eigenvalue weighted by Crippen LogP contribution is 2.24. The molecule has 1 aromatic carbocycles. The van der Waals surface area contributed by atoms with Gasteiger partial charge in [-0.3, -0.25) is 4.79 Å². The summed E-state index contributed by atoms with van der Waals surface area (Å²) in [6.45, 7) is 0.327. The van der Waals surface area contributed by atoms with Gasteiger partial charge in [0.15, 0.2) is 0 Å². The Kier molecular flexibility index (Phi) is 6.08. The first kappa shape index (κ1) is 15.8. The number of nitrogens with zero attached hydrogens (tertiary/aromatic N) is 1. The number of likely N-dealkylation sites (N-methyl/N-ethyl adjacent to an activating group) is 1. The number of carboxylic acids is 1. The third-order valence-electron chi connectivity index (χ3n) is 2.98. The lowest BCUT2D eigenvalue weighted by Gasteiger charge is -2.26. The second kappa shape index (κ2) is 7.33. The Bertz CT molecular complexity index is 439. The van der Waals surface area contributed by atoms with Gasteiger partial charge in [0.25, 0.3) is 0 Å². The van der Waals surface area contributed by atoms with E-state index in [9.17, 15) is 9.90 Å². The molecular formula is C13H18ClNO4. The molecule has 19 heavy (non-hydrogen) atoms. The van der Waals surface area contributed by atoms with Crippen LogP contribution in [0.15, 0.2) is 18.2 Å². The van der Waals surface area contributed by atoms with Crippen molar-refractivity contribution in [3.63, 3.8) is 0 Å². The number of benzene rings is 1. The predicted octanol–water partition coefficient (Wildman–Crippen LogP) is 1.36. The molecule has 0 spiro atoms. The maximum Gasteiger partial charge on any atom is 0.304 e. The number of carboxylic acid groups (broad SMARTS) is 1. The van der Waals surface area contributed by atoms with Crippen LogP contribution in [0.25, 0.3) is 0 Å². The lowest BCUT2D eigenvalue weighted by molar-refractivity contribution is -0.138. The molecule has 0 fully saturated rings. The molecule has 0 amide bonds. The summed E-state index contributed by atoms with van der Waals surface area (Å²) in [5, 5.41) is 28.1. The van der Waals surface area contributed by atoms with E-state index in [2.05, 4.69) is 0 Å². The van der Waals surface area contributed by atoms with Gasteiger partial charge in [-0.2, -0.15) is 0 Å². The Morgan fingerprint density at radius 3 is 2.74 bits per heavy atom. The van der Waals surface area contributed by atoms with E-state index in [1.807, 2.05) is 0 Å². The van der Waals surface area contributed by atoms with Gasteiger partial charge in [-0.15, -0.1) is 0 Å². The Labute approximate surface area is 117 Å². The van der Waals surface area contributed by atoms with Crippen molar-refractivity contribution in [2.75, 3.05) is 20.2 Å². The van der Waals surface area contributed by atoms with Crippen LogP contribution >= 0.6 is 11.6 Å². The van der Waals surface area contributed by atoms with E-state index in [0.29, 0.717) is 23.6 Å². The molecule has 1 atom stereocenters. The molecule has 0 radical (unpaired) electrons. The minimum absolute atomic E-state index is 0.0475. The maximum absolute atomic E-state index is 10.9. The van der Waals surface area contributed by atoms with Crippen LogP contribution in [0.1, 0.15) is 12.0 Å². The van der Waals surface area contributed by atoms with Crippen molar-refractivity contribution < 1.29 is 20.1 Å². The Morgan fingerprint density at radius 2 is 2.16 bits per heavy atom. The third-order valence-corrected chi connectivity index (χ3v) is 3.22. The van der Waals surface area contributed by atoms with Gasteiger partial charge in [0, 0.05) is 17.6 Å². The summed E-state index contributed by atoms with van der Waals surface area (Å²) in [6, 6.07) is 4.37. The summed E-state index contributed by atoms with van der Waals surface area (Å²) in [6.07, 6.45) is 0.289. The van der Waals surface area contributed by atoms with Gasteiger partial charge >= 0.3 is 5.97 Å². The topological polar surface area (TPSA) is 81.0 Å². The summed E-state index contributed by atoms with van der Waals surface area (Å²) < 4.78 is 0. The van der Waals surface area contributed by atoms with Gasteiger partial charge < -0.3 is 20.2 Å². The molecule has 1 rings (SSSR count). The summed E-state index contributed by atoms with van der Waals surface area (Å²) in [4.78, 5) is 12.6. The number of aliphatic hydroxyl groups is 1. The molecule has 0 aliphatic rings. The van der Waals surface area contributed by atoms with Crippen molar-refractivity contribution in [3.8, 4) is 5.75 Å². The lowest BCUT2D eigenvalue weighted by Crippen LogP contribution is -2.37. The van der Waals surface area contributed by atoms with Crippen LogP contribution < -0.4 is 0 Å². The van der Waals surface area contributed by atoms with Gasteiger partial charge in [0.05, 0.1) is 13.0 Å². The second-order valence-electron chi connectivity index (χ2n) is 4.43. The van der Waals surface area contributed by atoms with Gasteiger partial charge in [-0.25, -0.2) is 0 Å². The van der Waals surface area contributed by atoms with E-state index >= 15 is 0 Å². The molecule has 3 N–H and O–H groups in total. The number of aromatic hydroxyl groups is 1. The molecule has 0 aliphatic carbocycles. The van der Waals surface area contributed by atoms with E-state index in [-0.39, 0.29) is 24.8 Å². The fourth-order valence-electron chi connectivity index (χ4n) is 1.90. The largest absolute Gasteiger partial charge is 0.508 e. The summed E-state index contributed by atoms with van der Waals surface area (Å²) in [7, 11) is 1.74. The first-order chi connectivity index (χ1) is 8.93. The fourth-order valence-corrected chi connectivity index (χ4v) is 2.09. The number of aliphatic hydroxyl groups excluding tert-OH is 1. The molecule has 1 aromatic rings. The van der Waals surface area contributed by atoms with Gasteiger partial charge in [-0.1, -0.05) is 11.6 Å². The third kappa shape index (κ3) is 5.06. The Morgan fingerprint density at radius 1 is 1.47 bits per heavy atom. The number of rotatable bonds is 7. The molecule has 0 bridgehead atoms. The molecule has 0 aliphatic heterocycles. The quantitative estimate of drug-likeness (QED) is 0.705. The van der Waals surface area contributed by atoms with E-state index in [4.69, 9.17) is 21.8 Å². The maximum atomic E-state index is 10.9. The monoisotopic (exact) mass is 287 g/mol. The molecular weight excluding hydrogens is 270 g/mol. The highest BCUT2D eigenvalue weighted by molar-refractivity contribution is 6.30. The van der Waals surface area contributed by atoms with Crippen molar-refractivity contribution >= 4 is 17.6 Å². The molecule has 0 saturated heterocycles. The van der Waals surface area contributed by atoms with Crippen LogP contribution in [0, 0.1) is 0 Å². The van der Waals surface area contributed by atoms with E-state index in [1.165, 1.54) is 6.07 Å². The zero-order chi connectivity index (χ0) is 14.4. The van der Waals surface area contributed by atoms with Crippen LogP contribution in [0.3, 0.4) is 0 Å². The molecule has 1 unspecified atom stereocenters. The number of halogens is 1. The van der Waals surface area contributed by atoms with E-state index < -0.39 is 5.97 Å². The second-order valence-corrected chi connectivity index (χ2v) is 4.87. The molecule has 5 nitrogen and oxygen atoms in total. The molecule has 0 aromatic heterocycles. The van der Waals surface area contributed by atoms with Gasteiger partial charge in [0.1, 0.15) is 5.75 Å². The molecule has 106 valence electrons. The van der Waals surface area contributed by atoms with Crippen molar-refractivity contribution in [2.24, 2.45) is 0 Å². The van der Waals surface area contributed by atoms with Crippen molar-refractivity contribution in [1.82, 2.24) is 4.90 Å². The molecule has 0 heterocycles. The average molecular weight is 288 g/mol. The van der Waals surface area contributed by atoms with Crippen molar-refractivity contribution in [1.29, 1.82) is 0 Å². The number of carbonyl (C=O) groups is 1. The van der Waals surface area contributed by atoms with Crippen molar-refractivity contribution in [3.05, 3.63) is 28.8 Å². The smallest absolute Gasteiger partial charge is 0.304 e. The summed E-state index contributed by atoms with van der Waals surface area (Å²) in [5.74, 6) is -0.825. The van der Waals surface area contributed by atoms with Gasteiger partial charge in [0.2, 0.25) is 0 Å². The highest BCUT2D eigenvalue weighted by Gasteiger charge is 2.20. The highest BCUT2D eigenvalue weighted by atomic mass is 35.5. The fraction of sp³-hybridized carbons (Fsp3) is 0.462. The predicted molar refractivity (Wildman–Crippen MR) is 72.6 cm³/mol. The number of hydrogen-bond acceptors (Lipinski definition) is 4. The SMILES string of the molecule is CN(CCO)C(CC(=O)O)Cc1cc(Cl)ccc1O. The zero-order valence-corrected chi connectivity index (χ0v) is 11.5. The van der Waals surface area contributed by atoms with Crippen LogP contribution in [-0.4, -0.2) is 52.4 Å². The molecule has 6 heteroatoms. The zero-order valence-electron chi connectivity index (χ0n) is 10.7. The van der Waals surface area contributed by atoms with Crippen LogP contribution in [0.4, 0.5) is 0 Å². The summed E-state index contributed by atoms with van der Waals surface area (Å²) in [5.41, 5.74) is 0.600. The average Bonchev–Trinajstić information content (AvgIpc) is 2.32. The van der Waals surface area contributed by atoms with Crippen LogP contribution in [-0.2, 0) is 11.2 Å². The Hall–Kier alpha value is -1.30. The van der Waals surface area contributed by atoms with E-state index in [1.54, 1.807) is 24.1 Å². The minimum Gasteiger partial charge on any atom is -0.508 e. The minimum atomic E-state index is -0.920. The normalized spacial score (nSPS) is 12.6. The first-order valence-electron chi connectivity index (χ1n) is 5.94. The molecule has 0 saturated carbocycles. The van der Waals surface area contributed by atoms with Gasteiger partial charge in [-0.05, 0) is 37.2 Å². The van der Waals surface area contributed by atoms with Crippen LogP contribution in [0.2, 0.25) is 5.02 Å². The number of phenols is 1. The number of aliphatic carboxylic acids is 1. The van der Waals surface area contributed by atoms with Crippen molar-refractivity contribution in [2.45, 2.75) is 18.9 Å². The van der Waals surface area contributed by atoms with Crippen LogP contribution in [0.5, 0.6) is 5.75 Å². The van der Waals surface area contributed by atoms with E-state index in [0.717, 1.165) is 0 Å². The summed E-state index contributed by atoms with van der Waals surface area (Å²) >= 11 is 5.87. The lowest BCUT2D eigenvalue weighted by atomic mass is 10.0.